The zero-order chi connectivity index (χ0) is 28.7. The lowest BCUT2D eigenvalue weighted by atomic mass is 9.47. The molecule has 7 rings (SSSR count). The van der Waals surface area contributed by atoms with Crippen molar-refractivity contribution in [3.63, 3.8) is 0 Å². The topological polar surface area (TPSA) is 32.3 Å². The molecule has 2 nitrogen and oxygen atoms in total. The highest BCUT2D eigenvalue weighted by Crippen LogP contribution is 2.61. The van der Waals surface area contributed by atoms with E-state index in [1.807, 2.05) is 6.07 Å². The molecule has 2 aromatic rings. The maximum atomic E-state index is 11.4. The summed E-state index contributed by atoms with van der Waals surface area (Å²) in [6, 6.07) is 13.7. The Kier molecular flexibility index (Phi) is 8.47. The quantitative estimate of drug-likeness (QED) is 0.181. The highest BCUT2D eigenvalue weighted by Gasteiger charge is 2.53. The molecule has 1 heterocycles. The molecule has 2 saturated carbocycles. The van der Waals surface area contributed by atoms with Gasteiger partial charge in [0.05, 0.1) is 5.56 Å². The van der Waals surface area contributed by atoms with Crippen molar-refractivity contribution in [1.29, 1.82) is 0 Å². The van der Waals surface area contributed by atoms with Gasteiger partial charge in [0, 0.05) is 30.5 Å². The molecule has 8 atom stereocenters. The van der Waals surface area contributed by atoms with Crippen LogP contribution in [0.5, 0.6) is 5.75 Å². The van der Waals surface area contributed by atoms with Crippen molar-refractivity contribution in [2.75, 3.05) is 11.5 Å². The van der Waals surface area contributed by atoms with Crippen LogP contribution in [0.25, 0.3) is 0 Å². The fraction of sp³-hybridized carbons (Fsp3) is 0.579. The summed E-state index contributed by atoms with van der Waals surface area (Å²) in [6.45, 7) is 5.70. The van der Waals surface area contributed by atoms with E-state index in [1.54, 1.807) is 0 Å². The third kappa shape index (κ3) is 5.96. The smallest absolute Gasteiger partial charge is 0.131 e. The first-order chi connectivity index (χ1) is 20.5. The number of phenols is 1. The van der Waals surface area contributed by atoms with Crippen LogP contribution in [0.2, 0.25) is 0 Å². The van der Waals surface area contributed by atoms with Crippen molar-refractivity contribution in [3.8, 4) is 17.6 Å². The number of rotatable bonds is 0. The van der Waals surface area contributed by atoms with E-state index in [0.29, 0.717) is 29.0 Å². The van der Waals surface area contributed by atoms with Gasteiger partial charge in [0.2, 0.25) is 0 Å². The van der Waals surface area contributed by atoms with Gasteiger partial charge in [-0.3, -0.25) is 0 Å². The molecular formula is C38H47NOS2. The minimum Gasteiger partial charge on any atom is -0.507 e. The van der Waals surface area contributed by atoms with Crippen molar-refractivity contribution < 1.29 is 5.11 Å². The first kappa shape index (κ1) is 28.9. The maximum absolute atomic E-state index is 11.4. The second-order valence-corrected chi connectivity index (χ2v) is 17.1. The SMILES string of the molecule is CC1CC=CC2(C1)CC1CC#Cc3c(O)cc4cc3CC3CC(CSSCC(C)NCc5ccccc5C4)CC2C3C1. The van der Waals surface area contributed by atoms with Crippen LogP contribution in [-0.2, 0) is 19.4 Å². The highest BCUT2D eigenvalue weighted by atomic mass is 33.1. The predicted octanol–water partition coefficient (Wildman–Crippen LogP) is 8.79. The average Bonchev–Trinajstić information content (AvgIpc) is 2.96. The first-order valence-corrected chi connectivity index (χ1v) is 19.0. The Bertz CT molecular complexity index is 1390. The summed E-state index contributed by atoms with van der Waals surface area (Å²) in [5.41, 5.74) is 6.48. The average molecular weight is 598 g/mol. The molecule has 0 amide bonds. The normalized spacial score (nSPS) is 36.2. The molecule has 0 saturated heterocycles. The summed E-state index contributed by atoms with van der Waals surface area (Å²) in [5, 5.41) is 15.2. The van der Waals surface area contributed by atoms with Crippen LogP contribution < -0.4 is 5.32 Å². The largest absolute Gasteiger partial charge is 0.507 e. The van der Waals surface area contributed by atoms with Gasteiger partial charge in [0.15, 0.2) is 0 Å². The molecule has 2 N–H and O–H groups in total. The molecular weight excluding hydrogens is 551 g/mol. The van der Waals surface area contributed by atoms with Gasteiger partial charge in [-0.2, -0.15) is 0 Å². The Morgan fingerprint density at radius 1 is 0.952 bits per heavy atom. The molecule has 8 unspecified atom stereocenters. The summed E-state index contributed by atoms with van der Waals surface area (Å²) in [4.78, 5) is 0. The van der Waals surface area contributed by atoms with Crippen molar-refractivity contribution in [3.05, 3.63) is 76.4 Å². The Labute approximate surface area is 261 Å². The van der Waals surface area contributed by atoms with Gasteiger partial charge in [0.25, 0.3) is 0 Å². The van der Waals surface area contributed by atoms with E-state index in [4.69, 9.17) is 0 Å². The second-order valence-electron chi connectivity index (χ2n) is 14.5. The molecule has 0 aromatic heterocycles. The number of aromatic hydroxyl groups is 1. The predicted molar refractivity (Wildman–Crippen MR) is 180 cm³/mol. The Hall–Kier alpha value is -1.80. The van der Waals surface area contributed by atoms with Gasteiger partial charge >= 0.3 is 0 Å². The van der Waals surface area contributed by atoms with Gasteiger partial charge in [0.1, 0.15) is 5.75 Å². The third-order valence-corrected chi connectivity index (χ3v) is 14.0. The van der Waals surface area contributed by atoms with E-state index in [0.717, 1.165) is 60.8 Å². The van der Waals surface area contributed by atoms with Crippen molar-refractivity contribution in [2.24, 2.45) is 40.9 Å². The number of hydrogen-bond donors (Lipinski definition) is 2. The van der Waals surface area contributed by atoms with Crippen LogP contribution in [0.4, 0.5) is 0 Å². The van der Waals surface area contributed by atoms with E-state index in [-0.39, 0.29) is 0 Å². The van der Waals surface area contributed by atoms with E-state index < -0.39 is 0 Å². The van der Waals surface area contributed by atoms with Crippen molar-refractivity contribution >= 4 is 21.6 Å². The Balaban J connectivity index is 1.31. The molecule has 5 aliphatic rings. The van der Waals surface area contributed by atoms with Crippen molar-refractivity contribution in [2.45, 2.75) is 84.2 Å². The minimum atomic E-state index is 0.356. The summed E-state index contributed by atoms with van der Waals surface area (Å²) < 4.78 is 0. The van der Waals surface area contributed by atoms with Crippen LogP contribution in [0.1, 0.15) is 86.6 Å². The van der Waals surface area contributed by atoms with Gasteiger partial charge in [-0.15, -0.1) is 0 Å². The van der Waals surface area contributed by atoms with Gasteiger partial charge in [-0.25, -0.2) is 0 Å². The molecule has 2 fully saturated rings. The molecule has 6 bridgehead atoms. The van der Waals surface area contributed by atoms with E-state index in [2.05, 4.69) is 95.1 Å². The minimum absolute atomic E-state index is 0.356. The van der Waals surface area contributed by atoms with E-state index in [9.17, 15) is 5.11 Å². The second kappa shape index (κ2) is 12.3. The zero-order valence-corrected chi connectivity index (χ0v) is 27.0. The summed E-state index contributed by atoms with van der Waals surface area (Å²) in [5.74, 6) is 14.3. The Morgan fingerprint density at radius 2 is 1.81 bits per heavy atom. The molecule has 2 aromatic carbocycles. The molecule has 0 radical (unpaired) electrons. The molecule has 42 heavy (non-hydrogen) atoms. The molecule has 222 valence electrons. The summed E-state index contributed by atoms with van der Waals surface area (Å²) in [7, 11) is 4.20. The molecule has 1 aliphatic heterocycles. The highest BCUT2D eigenvalue weighted by molar-refractivity contribution is 8.76. The number of benzene rings is 2. The number of hydrogen-bond acceptors (Lipinski definition) is 4. The molecule has 4 heteroatoms. The summed E-state index contributed by atoms with van der Waals surface area (Å²) in [6.07, 6.45) is 16.1. The standard InChI is InChI=1S/C38H47NOS2/c1-25-7-6-12-38(20-25)21-27-8-5-11-34-32-14-28(18-37(34)40)13-30-9-3-4-10-31(30)22-39-26(2)23-41-42-24-29-15-33(19-32)35(16-27)36(38)17-29/h3-4,6,9-10,12,14,18,25-27,29,33,35-36,39-40H,7-8,13,15-17,19-24H2,1-2H3. The fourth-order valence-corrected chi connectivity index (χ4v) is 12.3. The molecule has 1 spiro atoms. The fourth-order valence-electron chi connectivity index (χ4n) is 9.51. The van der Waals surface area contributed by atoms with Crippen molar-refractivity contribution in [1.82, 2.24) is 5.32 Å². The lowest BCUT2D eigenvalue weighted by Crippen LogP contribution is -2.50. The van der Waals surface area contributed by atoms with Crippen LogP contribution in [-0.4, -0.2) is 22.7 Å². The number of allylic oxidation sites excluding steroid dienone is 2. The zero-order valence-electron chi connectivity index (χ0n) is 25.4. The van der Waals surface area contributed by atoms with Crippen LogP contribution in [0, 0.1) is 52.8 Å². The maximum Gasteiger partial charge on any atom is 0.131 e. The van der Waals surface area contributed by atoms with Gasteiger partial charge < -0.3 is 10.4 Å². The summed E-state index contributed by atoms with van der Waals surface area (Å²) >= 11 is 0. The number of phenolic OH excluding ortho intramolecular Hbond substituents is 1. The van der Waals surface area contributed by atoms with Crippen LogP contribution >= 0.6 is 21.6 Å². The lowest BCUT2D eigenvalue weighted by Gasteiger charge is -2.57. The Morgan fingerprint density at radius 3 is 2.69 bits per heavy atom. The third-order valence-electron chi connectivity index (χ3n) is 11.3. The van der Waals surface area contributed by atoms with E-state index in [1.165, 1.54) is 66.5 Å². The number of nitrogens with one attached hydrogen (secondary N) is 1. The van der Waals surface area contributed by atoms with E-state index >= 15 is 0 Å². The monoisotopic (exact) mass is 597 g/mol. The lowest BCUT2D eigenvalue weighted by molar-refractivity contribution is -0.0450. The molecule has 4 aliphatic carbocycles. The van der Waals surface area contributed by atoms with Crippen LogP contribution in [0.3, 0.4) is 0 Å². The first-order valence-electron chi connectivity index (χ1n) is 16.5. The number of fused-ring (bicyclic) bond motifs is 5. The van der Waals surface area contributed by atoms with Gasteiger partial charge in [-0.1, -0.05) is 82.8 Å². The van der Waals surface area contributed by atoms with Gasteiger partial charge in [-0.05, 0) is 128 Å². The van der Waals surface area contributed by atoms with Crippen LogP contribution in [0.15, 0.2) is 48.6 Å².